The van der Waals surface area contributed by atoms with Crippen molar-refractivity contribution in [1.82, 2.24) is 9.21 Å². The van der Waals surface area contributed by atoms with Crippen LogP contribution in [0.15, 0.2) is 40.3 Å². The van der Waals surface area contributed by atoms with Crippen molar-refractivity contribution in [2.75, 3.05) is 39.1 Å². The van der Waals surface area contributed by atoms with Gasteiger partial charge < -0.3 is 14.4 Å². The van der Waals surface area contributed by atoms with Gasteiger partial charge in [-0.2, -0.15) is 4.31 Å². The number of methoxy groups -OCH3 is 1. The van der Waals surface area contributed by atoms with E-state index in [4.69, 9.17) is 4.74 Å². The van der Waals surface area contributed by atoms with Crippen molar-refractivity contribution in [1.29, 1.82) is 0 Å². The maximum atomic E-state index is 12.5. The van der Waals surface area contributed by atoms with Crippen LogP contribution in [0.5, 0.6) is 0 Å². The summed E-state index contributed by atoms with van der Waals surface area (Å²) in [6, 6.07) is 5.69. The normalized spacial score (nSPS) is 18.5. The summed E-state index contributed by atoms with van der Waals surface area (Å²) in [5.41, 5.74) is 0.249. The number of ether oxygens (including phenoxy) is 2. The van der Waals surface area contributed by atoms with Gasteiger partial charge in [0.15, 0.2) is 0 Å². The van der Waals surface area contributed by atoms with Gasteiger partial charge in [-0.15, -0.1) is 0 Å². The first-order chi connectivity index (χ1) is 14.8. The van der Waals surface area contributed by atoms with Gasteiger partial charge in [0.05, 0.1) is 41.0 Å². The summed E-state index contributed by atoms with van der Waals surface area (Å²) in [5, 5.41) is 0.512. The van der Waals surface area contributed by atoms with Gasteiger partial charge in [-0.1, -0.05) is 11.8 Å². The van der Waals surface area contributed by atoms with E-state index in [0.29, 0.717) is 31.1 Å². The lowest BCUT2D eigenvalue weighted by Crippen LogP contribution is -2.28. The third kappa shape index (κ3) is 5.66. The first-order valence-electron chi connectivity index (χ1n) is 9.83. The van der Waals surface area contributed by atoms with Crippen LogP contribution in [0.25, 0.3) is 0 Å². The van der Waals surface area contributed by atoms with Gasteiger partial charge in [0.25, 0.3) is 0 Å². The summed E-state index contributed by atoms with van der Waals surface area (Å²) in [4.78, 5) is 37.2. The number of carbonyl (C=O) groups is 3. The molecule has 2 aliphatic rings. The standard InChI is InChI=1S/C20H24N2O7S2/c1-28-19(24)13-18-22(17(23)14-30-18)11-4-12-29-20(25)15-5-7-16(8-6-15)31(26,27)21-9-2-3-10-21/h5-8,13H,2-4,9-12,14H2,1H3/b18-13+. The molecule has 0 radical (unpaired) electrons. The van der Waals surface area contributed by atoms with E-state index in [1.165, 1.54) is 58.4 Å². The lowest BCUT2D eigenvalue weighted by molar-refractivity contribution is -0.134. The van der Waals surface area contributed by atoms with E-state index in [1.807, 2.05) is 0 Å². The molecule has 2 heterocycles. The fourth-order valence-corrected chi connectivity index (χ4v) is 5.71. The summed E-state index contributed by atoms with van der Waals surface area (Å²) in [5.74, 6) is -0.988. The molecule has 9 nitrogen and oxygen atoms in total. The quantitative estimate of drug-likeness (QED) is 0.322. The zero-order chi connectivity index (χ0) is 22.4. The number of nitrogens with zero attached hydrogens (tertiary/aromatic N) is 2. The summed E-state index contributed by atoms with van der Waals surface area (Å²) >= 11 is 1.25. The maximum absolute atomic E-state index is 12.5. The van der Waals surface area contributed by atoms with Crippen LogP contribution in [0.2, 0.25) is 0 Å². The number of carbonyl (C=O) groups excluding carboxylic acids is 3. The second-order valence-electron chi connectivity index (χ2n) is 6.96. The van der Waals surface area contributed by atoms with Crippen LogP contribution in [0, 0.1) is 0 Å². The molecule has 1 aromatic rings. The summed E-state index contributed by atoms with van der Waals surface area (Å²) in [7, 11) is -2.27. The Bertz CT molecular complexity index is 968. The van der Waals surface area contributed by atoms with E-state index < -0.39 is 22.0 Å². The molecular weight excluding hydrogens is 444 g/mol. The molecule has 2 aliphatic heterocycles. The van der Waals surface area contributed by atoms with E-state index in [0.717, 1.165) is 12.8 Å². The van der Waals surface area contributed by atoms with Crippen LogP contribution >= 0.6 is 11.8 Å². The Morgan fingerprint density at radius 2 is 1.84 bits per heavy atom. The van der Waals surface area contributed by atoms with Crippen LogP contribution in [0.1, 0.15) is 29.6 Å². The van der Waals surface area contributed by atoms with Crippen molar-refractivity contribution in [3.8, 4) is 0 Å². The molecule has 11 heteroatoms. The van der Waals surface area contributed by atoms with Crippen LogP contribution in [0.3, 0.4) is 0 Å². The second-order valence-corrected chi connectivity index (χ2v) is 9.90. The molecule has 0 atom stereocenters. The number of esters is 2. The highest BCUT2D eigenvalue weighted by Crippen LogP contribution is 2.29. The van der Waals surface area contributed by atoms with Gasteiger partial charge >= 0.3 is 11.9 Å². The summed E-state index contributed by atoms with van der Waals surface area (Å²) in [6.07, 6.45) is 3.36. The van der Waals surface area contributed by atoms with Gasteiger partial charge in [0, 0.05) is 19.6 Å². The Kier molecular flexibility index (Phi) is 7.74. The van der Waals surface area contributed by atoms with Crippen LogP contribution < -0.4 is 0 Å². The average Bonchev–Trinajstić information content (AvgIpc) is 3.42. The van der Waals surface area contributed by atoms with Gasteiger partial charge in [-0.25, -0.2) is 18.0 Å². The summed E-state index contributed by atoms with van der Waals surface area (Å²) < 4.78 is 36.3. The number of sulfonamides is 1. The van der Waals surface area contributed by atoms with E-state index in [9.17, 15) is 22.8 Å². The molecule has 2 fully saturated rings. The third-order valence-electron chi connectivity index (χ3n) is 4.91. The van der Waals surface area contributed by atoms with E-state index >= 15 is 0 Å². The minimum absolute atomic E-state index is 0.0760. The van der Waals surface area contributed by atoms with Gasteiger partial charge in [-0.3, -0.25) is 4.79 Å². The number of amides is 1. The Morgan fingerprint density at radius 1 is 1.16 bits per heavy atom. The Hall–Kier alpha value is -2.37. The lowest BCUT2D eigenvalue weighted by Gasteiger charge is -2.17. The molecule has 0 unspecified atom stereocenters. The molecule has 0 bridgehead atoms. The highest BCUT2D eigenvalue weighted by Gasteiger charge is 2.28. The van der Waals surface area contributed by atoms with E-state index in [-0.39, 0.29) is 28.7 Å². The zero-order valence-electron chi connectivity index (χ0n) is 17.1. The van der Waals surface area contributed by atoms with Gasteiger partial charge in [0.1, 0.15) is 0 Å². The highest BCUT2D eigenvalue weighted by atomic mass is 32.2. The summed E-state index contributed by atoms with van der Waals surface area (Å²) in [6.45, 7) is 1.41. The number of hydrogen-bond acceptors (Lipinski definition) is 8. The van der Waals surface area contributed by atoms with Crippen LogP contribution in [-0.4, -0.2) is 74.6 Å². The third-order valence-corrected chi connectivity index (χ3v) is 7.84. The predicted octanol–water partition coefficient (Wildman–Crippen LogP) is 1.61. The number of rotatable bonds is 8. The first kappa shape index (κ1) is 23.3. The molecule has 168 valence electrons. The minimum atomic E-state index is -3.53. The Morgan fingerprint density at radius 3 is 2.48 bits per heavy atom. The van der Waals surface area contributed by atoms with Gasteiger partial charge in [-0.05, 0) is 43.5 Å². The topological polar surface area (TPSA) is 110 Å². The zero-order valence-corrected chi connectivity index (χ0v) is 18.7. The SMILES string of the molecule is COC(=O)/C=C1/SCC(=O)N1CCCOC(=O)c1ccc(S(=O)(=O)N2CCCC2)cc1. The van der Waals surface area contributed by atoms with Crippen molar-refractivity contribution >= 4 is 39.6 Å². The van der Waals surface area contributed by atoms with Crippen molar-refractivity contribution in [3.63, 3.8) is 0 Å². The first-order valence-corrected chi connectivity index (χ1v) is 12.3. The fraction of sp³-hybridized carbons (Fsp3) is 0.450. The maximum Gasteiger partial charge on any atom is 0.338 e. The molecule has 2 saturated heterocycles. The smallest absolute Gasteiger partial charge is 0.338 e. The molecule has 0 aromatic heterocycles. The highest BCUT2D eigenvalue weighted by molar-refractivity contribution is 8.04. The average molecular weight is 469 g/mol. The number of benzene rings is 1. The molecule has 0 spiro atoms. The fourth-order valence-electron chi connectivity index (χ4n) is 3.24. The molecule has 1 aromatic carbocycles. The Balaban J connectivity index is 1.50. The lowest BCUT2D eigenvalue weighted by atomic mass is 10.2. The monoisotopic (exact) mass is 468 g/mol. The van der Waals surface area contributed by atoms with Crippen molar-refractivity contribution in [3.05, 3.63) is 40.9 Å². The van der Waals surface area contributed by atoms with Crippen LogP contribution in [0.4, 0.5) is 0 Å². The molecule has 31 heavy (non-hydrogen) atoms. The molecule has 3 rings (SSSR count). The largest absolute Gasteiger partial charge is 0.466 e. The van der Waals surface area contributed by atoms with Gasteiger partial charge in [0.2, 0.25) is 15.9 Å². The molecule has 1 amide bonds. The van der Waals surface area contributed by atoms with E-state index in [1.54, 1.807) is 0 Å². The van der Waals surface area contributed by atoms with Crippen molar-refractivity contribution in [2.45, 2.75) is 24.2 Å². The van der Waals surface area contributed by atoms with Crippen LogP contribution in [-0.2, 0) is 29.1 Å². The Labute approximate surface area is 185 Å². The number of thioether (sulfide) groups is 1. The van der Waals surface area contributed by atoms with Crippen molar-refractivity contribution in [2.24, 2.45) is 0 Å². The van der Waals surface area contributed by atoms with E-state index in [2.05, 4.69) is 4.74 Å². The molecule has 0 aliphatic carbocycles. The molecule has 0 N–H and O–H groups in total. The molecular formula is C20H24N2O7S2. The van der Waals surface area contributed by atoms with Crippen molar-refractivity contribution < 1.29 is 32.3 Å². The predicted molar refractivity (Wildman–Crippen MR) is 114 cm³/mol. The minimum Gasteiger partial charge on any atom is -0.466 e. The second kappa shape index (κ2) is 10.3. The molecule has 0 saturated carbocycles. The number of hydrogen-bond donors (Lipinski definition) is 0.